The molecule has 26 heavy (non-hydrogen) atoms. The molecule has 0 spiro atoms. The van der Waals surface area contributed by atoms with Gasteiger partial charge >= 0.3 is 5.97 Å². The zero-order valence-electron chi connectivity index (χ0n) is 13.8. The van der Waals surface area contributed by atoms with Crippen LogP contribution < -0.4 is 4.74 Å². The van der Waals surface area contributed by atoms with Gasteiger partial charge in [-0.15, -0.1) is 0 Å². The van der Waals surface area contributed by atoms with E-state index in [9.17, 15) is 14.9 Å². The third-order valence-corrected chi connectivity index (χ3v) is 3.88. The number of carbonyl (C=O) groups is 1. The first-order chi connectivity index (χ1) is 12.4. The standard InChI is InChI=1S/C17H13ClN2O6/c1-3-25-17(21)11-7-10(20(22)23)8-13-15(11)26-16(19-13)9-4-5-14(24-2)12(18)6-9/h4-8H,3H2,1-2H3. The number of halogens is 1. The number of nitro benzene ring substituents is 1. The molecular formula is C17H13ClN2O6. The third-order valence-electron chi connectivity index (χ3n) is 3.58. The van der Waals surface area contributed by atoms with Crippen LogP contribution in [0.15, 0.2) is 34.7 Å². The van der Waals surface area contributed by atoms with E-state index in [0.29, 0.717) is 16.3 Å². The Morgan fingerprint density at radius 1 is 1.35 bits per heavy atom. The first-order valence-electron chi connectivity index (χ1n) is 7.54. The van der Waals surface area contributed by atoms with E-state index in [1.54, 1.807) is 25.1 Å². The van der Waals surface area contributed by atoms with E-state index in [1.807, 2.05) is 0 Å². The van der Waals surface area contributed by atoms with Crippen LogP contribution in [0.4, 0.5) is 5.69 Å². The van der Waals surface area contributed by atoms with Crippen LogP contribution in [0, 0.1) is 10.1 Å². The maximum Gasteiger partial charge on any atom is 0.342 e. The number of ether oxygens (including phenoxy) is 2. The van der Waals surface area contributed by atoms with E-state index < -0.39 is 10.9 Å². The highest BCUT2D eigenvalue weighted by molar-refractivity contribution is 6.32. The number of methoxy groups -OCH3 is 1. The largest absolute Gasteiger partial charge is 0.495 e. The molecule has 134 valence electrons. The number of rotatable bonds is 5. The molecular weight excluding hydrogens is 364 g/mol. The van der Waals surface area contributed by atoms with Crippen LogP contribution in [0.3, 0.4) is 0 Å². The number of aromatic nitrogens is 1. The first kappa shape index (κ1) is 17.7. The average molecular weight is 377 g/mol. The summed E-state index contributed by atoms with van der Waals surface area (Å²) in [5.74, 6) is -0.0818. The smallest absolute Gasteiger partial charge is 0.342 e. The molecule has 3 aromatic rings. The Balaban J connectivity index is 2.18. The van der Waals surface area contributed by atoms with Crippen LogP contribution >= 0.6 is 11.6 Å². The summed E-state index contributed by atoms with van der Waals surface area (Å²) < 4.78 is 15.7. The molecule has 0 unspecified atom stereocenters. The third kappa shape index (κ3) is 3.18. The molecule has 3 rings (SSSR count). The Hall–Kier alpha value is -3.13. The molecule has 0 saturated carbocycles. The second-order valence-electron chi connectivity index (χ2n) is 5.19. The van der Waals surface area contributed by atoms with Gasteiger partial charge in [0.25, 0.3) is 5.69 Å². The maximum atomic E-state index is 12.1. The molecule has 0 aliphatic heterocycles. The van der Waals surface area contributed by atoms with Crippen molar-refractivity contribution in [2.24, 2.45) is 0 Å². The molecule has 0 N–H and O–H groups in total. The molecule has 8 nitrogen and oxygen atoms in total. The Kier molecular flexibility index (Phi) is 4.77. The highest BCUT2D eigenvalue weighted by atomic mass is 35.5. The van der Waals surface area contributed by atoms with Gasteiger partial charge in [0.2, 0.25) is 5.89 Å². The summed E-state index contributed by atoms with van der Waals surface area (Å²) in [4.78, 5) is 26.9. The number of oxazole rings is 1. The minimum atomic E-state index is -0.725. The molecule has 0 fully saturated rings. The van der Waals surface area contributed by atoms with Crippen molar-refractivity contribution in [3.63, 3.8) is 0 Å². The zero-order valence-corrected chi connectivity index (χ0v) is 14.6. The molecule has 0 atom stereocenters. The van der Waals surface area contributed by atoms with Gasteiger partial charge in [-0.3, -0.25) is 10.1 Å². The van der Waals surface area contributed by atoms with E-state index in [1.165, 1.54) is 13.2 Å². The van der Waals surface area contributed by atoms with Crippen molar-refractivity contribution in [3.05, 3.63) is 51.0 Å². The van der Waals surface area contributed by atoms with Gasteiger partial charge in [-0.05, 0) is 25.1 Å². The van der Waals surface area contributed by atoms with Gasteiger partial charge in [0.15, 0.2) is 5.58 Å². The second-order valence-corrected chi connectivity index (χ2v) is 5.59. The fourth-order valence-electron chi connectivity index (χ4n) is 2.41. The van der Waals surface area contributed by atoms with Crippen LogP contribution in [-0.2, 0) is 4.74 Å². The topological polar surface area (TPSA) is 105 Å². The molecule has 9 heteroatoms. The summed E-state index contributed by atoms with van der Waals surface area (Å²) in [6, 6.07) is 7.24. The van der Waals surface area contributed by atoms with Crippen molar-refractivity contribution in [2.45, 2.75) is 6.92 Å². The van der Waals surface area contributed by atoms with E-state index in [2.05, 4.69) is 4.98 Å². The van der Waals surface area contributed by atoms with Crippen LogP contribution in [0.5, 0.6) is 5.75 Å². The number of non-ortho nitro benzene ring substituents is 1. The normalized spacial score (nSPS) is 10.7. The van der Waals surface area contributed by atoms with Crippen molar-refractivity contribution in [2.75, 3.05) is 13.7 Å². The Morgan fingerprint density at radius 2 is 2.12 bits per heavy atom. The van der Waals surface area contributed by atoms with Crippen molar-refractivity contribution < 1.29 is 23.6 Å². The van der Waals surface area contributed by atoms with Crippen LogP contribution in [0.25, 0.3) is 22.6 Å². The van der Waals surface area contributed by atoms with Crippen LogP contribution in [0.1, 0.15) is 17.3 Å². The van der Waals surface area contributed by atoms with E-state index in [4.69, 9.17) is 25.5 Å². The molecule has 0 bridgehead atoms. The molecule has 0 radical (unpaired) electrons. The minimum absolute atomic E-state index is 0.0607. The van der Waals surface area contributed by atoms with Gasteiger partial charge in [0, 0.05) is 17.7 Å². The lowest BCUT2D eigenvalue weighted by molar-refractivity contribution is -0.384. The van der Waals surface area contributed by atoms with E-state index in [0.717, 1.165) is 6.07 Å². The van der Waals surface area contributed by atoms with Crippen LogP contribution in [0.2, 0.25) is 5.02 Å². The number of fused-ring (bicyclic) bond motifs is 1. The monoisotopic (exact) mass is 376 g/mol. The number of hydrogen-bond donors (Lipinski definition) is 0. The number of nitro groups is 1. The maximum absolute atomic E-state index is 12.1. The molecule has 0 aliphatic carbocycles. The zero-order chi connectivity index (χ0) is 18.8. The molecule has 1 aromatic heterocycles. The van der Waals surface area contributed by atoms with Crippen LogP contribution in [-0.4, -0.2) is 29.6 Å². The van der Waals surface area contributed by atoms with Gasteiger partial charge in [-0.1, -0.05) is 11.6 Å². The fourth-order valence-corrected chi connectivity index (χ4v) is 2.66. The number of hydrogen-bond acceptors (Lipinski definition) is 7. The Bertz CT molecular complexity index is 1010. The van der Waals surface area contributed by atoms with Crippen molar-refractivity contribution in [1.82, 2.24) is 4.98 Å². The van der Waals surface area contributed by atoms with E-state index >= 15 is 0 Å². The Morgan fingerprint density at radius 3 is 2.73 bits per heavy atom. The second kappa shape index (κ2) is 7.01. The Labute approximate surface area is 152 Å². The summed E-state index contributed by atoms with van der Waals surface area (Å²) >= 11 is 6.11. The fraction of sp³-hybridized carbons (Fsp3) is 0.176. The van der Waals surface area contributed by atoms with Gasteiger partial charge in [-0.2, -0.15) is 0 Å². The van der Waals surface area contributed by atoms with Gasteiger partial charge in [0.1, 0.15) is 16.8 Å². The van der Waals surface area contributed by atoms with Gasteiger partial charge in [-0.25, -0.2) is 9.78 Å². The summed E-state index contributed by atoms with van der Waals surface area (Å²) in [6.07, 6.45) is 0. The summed E-state index contributed by atoms with van der Waals surface area (Å²) in [5.41, 5.74) is 0.465. The predicted molar refractivity (Wildman–Crippen MR) is 93.6 cm³/mol. The highest BCUT2D eigenvalue weighted by Crippen LogP contribution is 2.33. The highest BCUT2D eigenvalue weighted by Gasteiger charge is 2.23. The molecule has 0 amide bonds. The molecule has 2 aromatic carbocycles. The summed E-state index contributed by atoms with van der Waals surface area (Å²) in [5, 5.41) is 11.5. The molecule has 1 heterocycles. The molecule has 0 saturated heterocycles. The summed E-state index contributed by atoms with van der Waals surface area (Å²) in [7, 11) is 1.49. The van der Waals surface area contributed by atoms with Gasteiger partial charge in [0.05, 0.1) is 23.7 Å². The number of nitrogens with zero attached hydrogens (tertiary/aromatic N) is 2. The van der Waals surface area contributed by atoms with Crippen molar-refractivity contribution in [1.29, 1.82) is 0 Å². The average Bonchev–Trinajstić information content (AvgIpc) is 3.05. The number of esters is 1. The lowest BCUT2D eigenvalue weighted by atomic mass is 10.1. The lowest BCUT2D eigenvalue weighted by Gasteiger charge is -2.03. The van der Waals surface area contributed by atoms with Crippen molar-refractivity contribution in [3.8, 4) is 17.2 Å². The SMILES string of the molecule is CCOC(=O)c1cc([N+](=O)[O-])cc2nc(-c3ccc(OC)c(Cl)c3)oc12. The lowest BCUT2D eigenvalue weighted by Crippen LogP contribution is -2.05. The van der Waals surface area contributed by atoms with Gasteiger partial charge < -0.3 is 13.9 Å². The first-order valence-corrected chi connectivity index (χ1v) is 7.92. The minimum Gasteiger partial charge on any atom is -0.495 e. The van der Waals surface area contributed by atoms with Crippen molar-refractivity contribution >= 4 is 34.4 Å². The van der Waals surface area contributed by atoms with E-state index in [-0.39, 0.29) is 34.8 Å². The quantitative estimate of drug-likeness (QED) is 0.372. The molecule has 0 aliphatic rings. The number of benzene rings is 2. The predicted octanol–water partition coefficient (Wildman–Crippen LogP) is 4.24. The number of carbonyl (C=O) groups excluding carboxylic acids is 1. The summed E-state index contributed by atoms with van der Waals surface area (Å²) in [6.45, 7) is 1.76.